The third-order valence-electron chi connectivity index (χ3n) is 3.49. The van der Waals surface area contributed by atoms with Crippen LogP contribution in [0.25, 0.3) is 0 Å². The van der Waals surface area contributed by atoms with E-state index in [2.05, 4.69) is 5.32 Å². The van der Waals surface area contributed by atoms with Crippen molar-refractivity contribution in [1.82, 2.24) is 0 Å². The average Bonchev–Trinajstić information content (AvgIpc) is 2.51. The number of ether oxygens (including phenoxy) is 1. The first kappa shape index (κ1) is 16.5. The molecule has 0 aliphatic rings. The fraction of sp³-hybridized carbons (Fsp3) is 0.235. The molecule has 120 valence electrons. The summed E-state index contributed by atoms with van der Waals surface area (Å²) in [5.74, 6) is 0.00346. The number of nitrogens with one attached hydrogen (secondary N) is 1. The molecule has 2 rings (SSSR count). The summed E-state index contributed by atoms with van der Waals surface area (Å²) in [4.78, 5) is 22.9. The van der Waals surface area contributed by atoms with Gasteiger partial charge in [-0.05, 0) is 56.2 Å². The fourth-order valence-corrected chi connectivity index (χ4v) is 2.10. The van der Waals surface area contributed by atoms with Gasteiger partial charge in [0.2, 0.25) is 0 Å². The van der Waals surface area contributed by atoms with Gasteiger partial charge in [0, 0.05) is 5.56 Å². The van der Waals surface area contributed by atoms with Crippen LogP contribution < -0.4 is 10.1 Å². The number of rotatable bonds is 5. The van der Waals surface area contributed by atoms with Gasteiger partial charge >= 0.3 is 0 Å². The highest BCUT2D eigenvalue weighted by atomic mass is 16.6. The van der Waals surface area contributed by atoms with Crippen LogP contribution >= 0.6 is 0 Å². The number of nitrogens with zero attached hydrogens (tertiary/aromatic N) is 1. The van der Waals surface area contributed by atoms with Gasteiger partial charge in [0.1, 0.15) is 11.4 Å². The van der Waals surface area contributed by atoms with Gasteiger partial charge in [-0.25, -0.2) is 0 Å². The molecular formula is C17H18N2O4. The van der Waals surface area contributed by atoms with Crippen LogP contribution in [0.2, 0.25) is 0 Å². The second-order valence-corrected chi connectivity index (χ2v) is 5.12. The highest BCUT2D eigenvalue weighted by Gasteiger charge is 2.18. The second kappa shape index (κ2) is 6.91. The first-order valence-electron chi connectivity index (χ1n) is 7.22. The summed E-state index contributed by atoms with van der Waals surface area (Å²) in [5.41, 5.74) is 2.46. The van der Waals surface area contributed by atoms with Crippen LogP contribution in [-0.2, 0) is 0 Å². The molecule has 0 saturated carbocycles. The minimum absolute atomic E-state index is 0.140. The smallest absolute Gasteiger partial charge is 0.296 e. The van der Waals surface area contributed by atoms with Gasteiger partial charge < -0.3 is 10.1 Å². The van der Waals surface area contributed by atoms with E-state index in [0.717, 1.165) is 11.1 Å². The van der Waals surface area contributed by atoms with E-state index in [4.69, 9.17) is 4.74 Å². The van der Waals surface area contributed by atoms with Crippen molar-refractivity contribution in [3.63, 3.8) is 0 Å². The van der Waals surface area contributed by atoms with Crippen molar-refractivity contribution in [3.05, 3.63) is 63.2 Å². The van der Waals surface area contributed by atoms with E-state index in [-0.39, 0.29) is 17.3 Å². The van der Waals surface area contributed by atoms with Crippen LogP contribution in [0.4, 0.5) is 11.4 Å². The Morgan fingerprint density at radius 3 is 2.52 bits per heavy atom. The Labute approximate surface area is 134 Å². The Bertz CT molecular complexity index is 756. The van der Waals surface area contributed by atoms with Gasteiger partial charge in [-0.2, -0.15) is 0 Å². The van der Waals surface area contributed by atoms with E-state index in [1.807, 2.05) is 19.9 Å². The number of anilines is 1. The third kappa shape index (κ3) is 3.85. The average molecular weight is 314 g/mol. The number of nitro groups is 1. The molecule has 0 aliphatic heterocycles. The van der Waals surface area contributed by atoms with Crippen molar-refractivity contribution < 1.29 is 14.5 Å². The second-order valence-electron chi connectivity index (χ2n) is 5.12. The number of hydrogen-bond acceptors (Lipinski definition) is 4. The molecule has 1 amide bonds. The number of nitro benzene ring substituents is 1. The van der Waals surface area contributed by atoms with Gasteiger partial charge in [0.25, 0.3) is 11.6 Å². The van der Waals surface area contributed by atoms with E-state index < -0.39 is 4.92 Å². The maximum atomic E-state index is 12.3. The maximum Gasteiger partial charge on any atom is 0.296 e. The lowest BCUT2D eigenvalue weighted by Crippen LogP contribution is -2.13. The summed E-state index contributed by atoms with van der Waals surface area (Å²) in [5, 5.41) is 13.8. The zero-order chi connectivity index (χ0) is 17.0. The van der Waals surface area contributed by atoms with Crippen LogP contribution in [0.15, 0.2) is 36.4 Å². The van der Waals surface area contributed by atoms with E-state index in [1.54, 1.807) is 25.1 Å². The lowest BCUT2D eigenvalue weighted by Gasteiger charge is -2.09. The summed E-state index contributed by atoms with van der Waals surface area (Å²) in [6, 6.07) is 9.66. The summed E-state index contributed by atoms with van der Waals surface area (Å²) in [6.45, 7) is 6.06. The number of amides is 1. The maximum absolute atomic E-state index is 12.3. The molecule has 0 unspecified atom stereocenters. The molecule has 0 bridgehead atoms. The quantitative estimate of drug-likeness (QED) is 0.671. The van der Waals surface area contributed by atoms with Gasteiger partial charge in [-0.15, -0.1) is 0 Å². The topological polar surface area (TPSA) is 81.5 Å². The summed E-state index contributed by atoms with van der Waals surface area (Å²) < 4.78 is 5.25. The largest absolute Gasteiger partial charge is 0.494 e. The highest BCUT2D eigenvalue weighted by molar-refractivity contribution is 6.05. The Kier molecular flexibility index (Phi) is 4.95. The SMILES string of the molecule is CCOc1ccc(NC(=O)c2ccc(C)c(C)c2)c([N+](=O)[O-])c1. The standard InChI is InChI=1S/C17H18N2O4/c1-4-23-14-7-8-15(16(10-14)19(21)22)18-17(20)13-6-5-11(2)12(3)9-13/h5-10H,4H2,1-3H3,(H,18,20). The number of hydrogen-bond donors (Lipinski definition) is 1. The number of carbonyl (C=O) groups is 1. The molecular weight excluding hydrogens is 296 g/mol. The van der Waals surface area contributed by atoms with Crippen molar-refractivity contribution in [1.29, 1.82) is 0 Å². The molecule has 0 atom stereocenters. The molecule has 2 aromatic carbocycles. The van der Waals surface area contributed by atoms with Crippen LogP contribution in [0.5, 0.6) is 5.75 Å². The van der Waals surface area contributed by atoms with E-state index in [9.17, 15) is 14.9 Å². The first-order valence-corrected chi connectivity index (χ1v) is 7.22. The van der Waals surface area contributed by atoms with Crippen LogP contribution in [0, 0.1) is 24.0 Å². The van der Waals surface area contributed by atoms with Crippen molar-refractivity contribution in [2.24, 2.45) is 0 Å². The molecule has 0 saturated heterocycles. The molecule has 0 fully saturated rings. The lowest BCUT2D eigenvalue weighted by atomic mass is 10.1. The molecule has 23 heavy (non-hydrogen) atoms. The zero-order valence-corrected chi connectivity index (χ0v) is 13.3. The van der Waals surface area contributed by atoms with Crippen LogP contribution in [0.1, 0.15) is 28.4 Å². The highest BCUT2D eigenvalue weighted by Crippen LogP contribution is 2.29. The molecule has 2 aromatic rings. The summed E-state index contributed by atoms with van der Waals surface area (Å²) in [7, 11) is 0. The molecule has 0 aromatic heterocycles. The molecule has 0 aliphatic carbocycles. The molecule has 0 spiro atoms. The molecule has 0 heterocycles. The summed E-state index contributed by atoms with van der Waals surface area (Å²) in [6.07, 6.45) is 0. The molecule has 6 nitrogen and oxygen atoms in total. The van der Waals surface area contributed by atoms with Crippen molar-refractivity contribution in [3.8, 4) is 5.75 Å². The van der Waals surface area contributed by atoms with Crippen molar-refractivity contribution in [2.75, 3.05) is 11.9 Å². The van der Waals surface area contributed by atoms with E-state index in [1.165, 1.54) is 12.1 Å². The minimum Gasteiger partial charge on any atom is -0.494 e. The van der Waals surface area contributed by atoms with Gasteiger partial charge in [0.15, 0.2) is 0 Å². The van der Waals surface area contributed by atoms with Gasteiger partial charge in [-0.3, -0.25) is 14.9 Å². The van der Waals surface area contributed by atoms with Crippen LogP contribution in [-0.4, -0.2) is 17.4 Å². The Morgan fingerprint density at radius 2 is 1.91 bits per heavy atom. The normalized spacial score (nSPS) is 10.2. The van der Waals surface area contributed by atoms with Gasteiger partial charge in [0.05, 0.1) is 17.6 Å². The Morgan fingerprint density at radius 1 is 1.17 bits per heavy atom. The monoisotopic (exact) mass is 314 g/mol. The Hall–Kier alpha value is -2.89. The van der Waals surface area contributed by atoms with E-state index in [0.29, 0.717) is 17.9 Å². The molecule has 0 radical (unpaired) electrons. The lowest BCUT2D eigenvalue weighted by molar-refractivity contribution is -0.384. The fourth-order valence-electron chi connectivity index (χ4n) is 2.10. The van der Waals surface area contributed by atoms with Crippen LogP contribution in [0.3, 0.4) is 0 Å². The van der Waals surface area contributed by atoms with E-state index >= 15 is 0 Å². The predicted molar refractivity (Wildman–Crippen MR) is 88.1 cm³/mol. The number of aryl methyl sites for hydroxylation is 2. The Balaban J connectivity index is 2.29. The van der Waals surface area contributed by atoms with Gasteiger partial charge in [-0.1, -0.05) is 6.07 Å². The first-order chi connectivity index (χ1) is 10.9. The predicted octanol–water partition coefficient (Wildman–Crippen LogP) is 3.86. The summed E-state index contributed by atoms with van der Waals surface area (Å²) >= 11 is 0. The third-order valence-corrected chi connectivity index (χ3v) is 3.49. The van der Waals surface area contributed by atoms with Crippen molar-refractivity contribution >= 4 is 17.3 Å². The minimum atomic E-state index is -0.543. The van der Waals surface area contributed by atoms with Crippen molar-refractivity contribution in [2.45, 2.75) is 20.8 Å². The number of benzene rings is 2. The number of carbonyl (C=O) groups excluding carboxylic acids is 1. The zero-order valence-electron chi connectivity index (χ0n) is 13.3. The molecule has 6 heteroatoms. The molecule has 1 N–H and O–H groups in total.